The van der Waals surface area contributed by atoms with E-state index in [1.54, 1.807) is 0 Å². The number of nitrogens with zero attached hydrogens (tertiary/aromatic N) is 1. The molecule has 3 atom stereocenters. The van der Waals surface area contributed by atoms with E-state index in [1.165, 1.54) is 0 Å². The van der Waals surface area contributed by atoms with Crippen molar-refractivity contribution in [3.8, 4) is 0 Å². The second kappa shape index (κ2) is 5.57. The highest BCUT2D eigenvalue weighted by Crippen LogP contribution is 2.32. The first-order chi connectivity index (χ1) is 8.54. The third-order valence-corrected chi connectivity index (χ3v) is 4.64. The predicted molar refractivity (Wildman–Crippen MR) is 69.6 cm³/mol. The lowest BCUT2D eigenvalue weighted by molar-refractivity contribution is -0.145. The van der Waals surface area contributed by atoms with Crippen LogP contribution in [0.1, 0.15) is 46.0 Å². The monoisotopic (exact) mass is 255 g/mol. The summed E-state index contributed by atoms with van der Waals surface area (Å²) in [5.41, 5.74) is -0.0148. The molecule has 0 saturated carbocycles. The van der Waals surface area contributed by atoms with Crippen molar-refractivity contribution in [2.75, 3.05) is 19.7 Å². The molecule has 0 bridgehead atoms. The SMILES string of the molecule is CCC1(C)CC(N2CCCC(C(=O)O)C2)CCO1. The average molecular weight is 255 g/mol. The maximum atomic E-state index is 11.1. The highest BCUT2D eigenvalue weighted by atomic mass is 16.5. The number of hydrogen-bond donors (Lipinski definition) is 1. The number of carboxylic acids is 1. The molecule has 18 heavy (non-hydrogen) atoms. The summed E-state index contributed by atoms with van der Waals surface area (Å²) in [6.07, 6.45) is 4.95. The van der Waals surface area contributed by atoms with Crippen LogP contribution in [0.25, 0.3) is 0 Å². The summed E-state index contributed by atoms with van der Waals surface area (Å²) in [4.78, 5) is 13.5. The van der Waals surface area contributed by atoms with Gasteiger partial charge in [-0.05, 0) is 45.6 Å². The number of likely N-dealkylation sites (tertiary alicyclic amines) is 1. The molecule has 0 aliphatic carbocycles. The maximum Gasteiger partial charge on any atom is 0.307 e. The number of carboxylic acid groups (broad SMARTS) is 1. The first-order valence-corrected chi connectivity index (χ1v) is 7.15. The molecule has 2 aliphatic heterocycles. The molecule has 3 unspecified atom stereocenters. The van der Waals surface area contributed by atoms with Crippen molar-refractivity contribution < 1.29 is 14.6 Å². The van der Waals surface area contributed by atoms with Gasteiger partial charge in [0, 0.05) is 19.2 Å². The van der Waals surface area contributed by atoms with Gasteiger partial charge in [0.05, 0.1) is 11.5 Å². The fraction of sp³-hybridized carbons (Fsp3) is 0.929. The van der Waals surface area contributed by atoms with Crippen molar-refractivity contribution in [3.05, 3.63) is 0 Å². The molecule has 4 heteroatoms. The largest absolute Gasteiger partial charge is 0.481 e. The molecule has 2 rings (SSSR count). The summed E-state index contributed by atoms with van der Waals surface area (Å²) in [6.45, 7) is 6.92. The Labute approximate surface area is 109 Å². The molecule has 0 spiro atoms. The van der Waals surface area contributed by atoms with E-state index in [0.717, 1.165) is 51.8 Å². The summed E-state index contributed by atoms with van der Waals surface area (Å²) in [5.74, 6) is -0.806. The van der Waals surface area contributed by atoms with Gasteiger partial charge in [-0.15, -0.1) is 0 Å². The molecule has 0 aromatic carbocycles. The summed E-state index contributed by atoms with van der Waals surface area (Å²) < 4.78 is 5.87. The summed E-state index contributed by atoms with van der Waals surface area (Å²) in [6, 6.07) is 0.505. The van der Waals surface area contributed by atoms with E-state index in [0.29, 0.717) is 6.04 Å². The first kappa shape index (κ1) is 13.8. The number of aliphatic carboxylic acids is 1. The van der Waals surface area contributed by atoms with Gasteiger partial charge in [0.25, 0.3) is 0 Å². The standard InChI is InChI=1S/C14H25NO3/c1-3-14(2)9-12(6-8-18-14)15-7-4-5-11(10-15)13(16)17/h11-12H,3-10H2,1-2H3,(H,16,17). The van der Waals surface area contributed by atoms with Crippen LogP contribution in [0.3, 0.4) is 0 Å². The quantitative estimate of drug-likeness (QED) is 0.839. The normalized spacial score (nSPS) is 38.6. The minimum absolute atomic E-state index is 0.0148. The molecule has 1 N–H and O–H groups in total. The Morgan fingerprint density at radius 3 is 2.94 bits per heavy atom. The maximum absolute atomic E-state index is 11.1. The van der Waals surface area contributed by atoms with Crippen molar-refractivity contribution in [3.63, 3.8) is 0 Å². The van der Waals surface area contributed by atoms with Crippen LogP contribution in [0.2, 0.25) is 0 Å². The van der Waals surface area contributed by atoms with Crippen LogP contribution >= 0.6 is 0 Å². The molecule has 2 fully saturated rings. The lowest BCUT2D eigenvalue weighted by Crippen LogP contribution is -2.51. The highest BCUT2D eigenvalue weighted by molar-refractivity contribution is 5.70. The lowest BCUT2D eigenvalue weighted by atomic mass is 9.87. The Kier molecular flexibility index (Phi) is 4.28. The lowest BCUT2D eigenvalue weighted by Gasteiger charge is -2.44. The van der Waals surface area contributed by atoms with E-state index < -0.39 is 5.97 Å². The van der Waals surface area contributed by atoms with E-state index in [-0.39, 0.29) is 11.5 Å². The van der Waals surface area contributed by atoms with E-state index in [4.69, 9.17) is 9.84 Å². The second-order valence-corrected chi connectivity index (χ2v) is 5.97. The molecule has 0 aromatic rings. The van der Waals surface area contributed by atoms with E-state index in [1.807, 2.05) is 0 Å². The fourth-order valence-electron chi connectivity index (χ4n) is 3.20. The van der Waals surface area contributed by atoms with Gasteiger partial charge < -0.3 is 9.84 Å². The highest BCUT2D eigenvalue weighted by Gasteiger charge is 2.37. The van der Waals surface area contributed by atoms with Crippen LogP contribution in [0, 0.1) is 5.92 Å². The summed E-state index contributed by atoms with van der Waals surface area (Å²) in [7, 11) is 0. The first-order valence-electron chi connectivity index (χ1n) is 7.15. The third-order valence-electron chi connectivity index (χ3n) is 4.64. The molecule has 0 radical (unpaired) electrons. The summed E-state index contributed by atoms with van der Waals surface area (Å²) >= 11 is 0. The van der Waals surface area contributed by atoms with Crippen molar-refractivity contribution in [2.24, 2.45) is 5.92 Å². The fourth-order valence-corrected chi connectivity index (χ4v) is 3.20. The molecule has 2 aliphatic rings. The van der Waals surface area contributed by atoms with Crippen molar-refractivity contribution in [2.45, 2.75) is 57.6 Å². The average Bonchev–Trinajstić information content (AvgIpc) is 2.39. The number of ether oxygens (including phenoxy) is 1. The second-order valence-electron chi connectivity index (χ2n) is 5.97. The number of piperidine rings is 1. The van der Waals surface area contributed by atoms with Crippen molar-refractivity contribution >= 4 is 5.97 Å². The molecular weight excluding hydrogens is 230 g/mol. The Balaban J connectivity index is 1.96. The zero-order valence-electron chi connectivity index (χ0n) is 11.5. The van der Waals surface area contributed by atoms with E-state index in [9.17, 15) is 4.79 Å². The van der Waals surface area contributed by atoms with Crippen molar-refractivity contribution in [1.82, 2.24) is 4.90 Å². The van der Waals surface area contributed by atoms with Gasteiger partial charge in [-0.3, -0.25) is 9.69 Å². The van der Waals surface area contributed by atoms with Crippen LogP contribution in [0.15, 0.2) is 0 Å². The van der Waals surface area contributed by atoms with E-state index >= 15 is 0 Å². The number of carbonyl (C=O) groups is 1. The predicted octanol–water partition coefficient (Wildman–Crippen LogP) is 2.13. The molecule has 2 heterocycles. The molecular formula is C14H25NO3. The van der Waals surface area contributed by atoms with Gasteiger partial charge in [0.1, 0.15) is 0 Å². The smallest absolute Gasteiger partial charge is 0.307 e. The Hall–Kier alpha value is -0.610. The third kappa shape index (κ3) is 3.04. The van der Waals surface area contributed by atoms with Crippen LogP contribution in [0.5, 0.6) is 0 Å². The van der Waals surface area contributed by atoms with Crippen molar-refractivity contribution in [1.29, 1.82) is 0 Å². The number of rotatable bonds is 3. The Bertz CT molecular complexity index is 307. The molecule has 0 amide bonds. The summed E-state index contributed by atoms with van der Waals surface area (Å²) in [5, 5.41) is 9.15. The van der Waals surface area contributed by atoms with Crippen LogP contribution in [-0.2, 0) is 9.53 Å². The van der Waals surface area contributed by atoms with Crippen LogP contribution in [0.4, 0.5) is 0 Å². The zero-order chi connectivity index (χ0) is 13.2. The topological polar surface area (TPSA) is 49.8 Å². The molecule has 104 valence electrons. The minimum atomic E-state index is -0.634. The minimum Gasteiger partial charge on any atom is -0.481 e. The van der Waals surface area contributed by atoms with Gasteiger partial charge in [0.2, 0.25) is 0 Å². The zero-order valence-corrected chi connectivity index (χ0v) is 11.5. The Morgan fingerprint density at radius 2 is 2.28 bits per heavy atom. The van der Waals surface area contributed by atoms with Gasteiger partial charge in [-0.2, -0.15) is 0 Å². The van der Waals surface area contributed by atoms with Gasteiger partial charge in [-0.1, -0.05) is 6.92 Å². The van der Waals surface area contributed by atoms with Crippen LogP contribution in [-0.4, -0.2) is 47.3 Å². The molecule has 4 nitrogen and oxygen atoms in total. The molecule has 2 saturated heterocycles. The Morgan fingerprint density at radius 1 is 1.50 bits per heavy atom. The van der Waals surface area contributed by atoms with Crippen LogP contribution < -0.4 is 0 Å². The van der Waals surface area contributed by atoms with Gasteiger partial charge in [0.15, 0.2) is 0 Å². The number of hydrogen-bond acceptors (Lipinski definition) is 3. The van der Waals surface area contributed by atoms with Gasteiger partial charge in [-0.25, -0.2) is 0 Å². The van der Waals surface area contributed by atoms with E-state index in [2.05, 4.69) is 18.7 Å². The molecule has 0 aromatic heterocycles. The van der Waals surface area contributed by atoms with Gasteiger partial charge >= 0.3 is 5.97 Å².